The number of aromatic nitrogens is 2. The third-order valence-electron chi connectivity index (χ3n) is 3.82. The summed E-state index contributed by atoms with van der Waals surface area (Å²) in [6.07, 6.45) is 5.38. The summed E-state index contributed by atoms with van der Waals surface area (Å²) >= 11 is 1.58. The van der Waals surface area contributed by atoms with Crippen molar-refractivity contribution in [1.29, 1.82) is 0 Å². The average Bonchev–Trinajstić information content (AvgIpc) is 3.14. The first-order chi connectivity index (χ1) is 10.6. The molecule has 1 amide bonds. The second-order valence-electron chi connectivity index (χ2n) is 5.50. The van der Waals surface area contributed by atoms with E-state index in [2.05, 4.69) is 4.98 Å². The number of hydrogen-bond donors (Lipinski definition) is 1. The van der Waals surface area contributed by atoms with Crippen LogP contribution in [0.25, 0.3) is 0 Å². The lowest BCUT2D eigenvalue weighted by Gasteiger charge is -2.29. The van der Waals surface area contributed by atoms with Crippen molar-refractivity contribution in [3.8, 4) is 0 Å². The van der Waals surface area contributed by atoms with E-state index in [0.29, 0.717) is 24.6 Å². The van der Waals surface area contributed by atoms with Crippen LogP contribution in [0.2, 0.25) is 0 Å². The fraction of sp³-hybridized carbons (Fsp3) is 0.467. The number of hydrogen-bond acceptors (Lipinski definition) is 5. The van der Waals surface area contributed by atoms with Gasteiger partial charge in [0.2, 0.25) is 0 Å². The van der Waals surface area contributed by atoms with Crippen LogP contribution < -0.4 is 5.73 Å². The molecule has 2 aromatic heterocycles. The molecule has 2 aromatic rings. The van der Waals surface area contributed by atoms with Gasteiger partial charge in [-0.05, 0) is 25.0 Å². The van der Waals surface area contributed by atoms with Gasteiger partial charge in [0.05, 0.1) is 5.75 Å². The van der Waals surface area contributed by atoms with Crippen LogP contribution in [0, 0.1) is 0 Å². The van der Waals surface area contributed by atoms with Gasteiger partial charge in [0.1, 0.15) is 5.76 Å². The molecule has 0 unspecified atom stereocenters. The van der Waals surface area contributed by atoms with Crippen molar-refractivity contribution in [2.24, 2.45) is 12.8 Å². The minimum atomic E-state index is -0.0415. The summed E-state index contributed by atoms with van der Waals surface area (Å²) in [5, 5.41) is 0.925. The monoisotopic (exact) mass is 320 g/mol. The van der Waals surface area contributed by atoms with Crippen LogP contribution in [-0.4, -0.2) is 39.5 Å². The quantitative estimate of drug-likeness (QED) is 0.870. The zero-order valence-corrected chi connectivity index (χ0v) is 13.4. The Labute approximate surface area is 133 Å². The molecule has 3 rings (SSSR count). The maximum absolute atomic E-state index is 12.4. The van der Waals surface area contributed by atoms with E-state index in [0.717, 1.165) is 23.8 Å². The minimum absolute atomic E-state index is 0.0415. The van der Waals surface area contributed by atoms with Crippen molar-refractivity contribution < 1.29 is 9.21 Å². The predicted molar refractivity (Wildman–Crippen MR) is 84.6 cm³/mol. The highest BCUT2D eigenvalue weighted by Gasteiger charge is 2.23. The summed E-state index contributed by atoms with van der Waals surface area (Å²) in [7, 11) is 1.95. The van der Waals surface area contributed by atoms with E-state index in [-0.39, 0.29) is 11.9 Å². The van der Waals surface area contributed by atoms with Gasteiger partial charge in [0, 0.05) is 38.6 Å². The number of nitrogens with two attached hydrogens (primary N) is 1. The summed E-state index contributed by atoms with van der Waals surface area (Å²) in [5.41, 5.74) is 5.87. The van der Waals surface area contributed by atoms with E-state index < -0.39 is 0 Å². The Morgan fingerprint density at radius 1 is 1.45 bits per heavy atom. The van der Waals surface area contributed by atoms with Crippen molar-refractivity contribution >= 4 is 17.7 Å². The van der Waals surface area contributed by atoms with Crippen LogP contribution in [0.1, 0.15) is 29.2 Å². The molecular formula is C15H20N4O2S. The number of thioether (sulfide) groups is 1. The molecule has 0 aliphatic carbocycles. The van der Waals surface area contributed by atoms with E-state index in [4.69, 9.17) is 10.2 Å². The van der Waals surface area contributed by atoms with E-state index in [1.807, 2.05) is 28.8 Å². The summed E-state index contributed by atoms with van der Waals surface area (Å²) in [5.74, 6) is 1.80. The van der Waals surface area contributed by atoms with E-state index in [9.17, 15) is 4.79 Å². The van der Waals surface area contributed by atoms with Crippen molar-refractivity contribution in [2.75, 3.05) is 13.1 Å². The Bertz CT molecular complexity index is 644. The molecule has 0 atom stereocenters. The number of imidazole rings is 1. The Balaban J connectivity index is 1.58. The molecule has 0 saturated carbocycles. The Kier molecular flexibility index (Phi) is 4.54. The molecule has 7 heteroatoms. The number of piperidine rings is 1. The van der Waals surface area contributed by atoms with E-state index in [1.54, 1.807) is 24.0 Å². The standard InChI is InChI=1S/C15H20N4O2S/c1-18-9-6-17-15(18)22-10-12-2-3-13(21-12)14(20)19-7-4-11(16)5-8-19/h2-3,6,9,11H,4-5,7-8,10,16H2,1H3. The number of nitrogens with zero attached hydrogens (tertiary/aromatic N) is 3. The number of amides is 1. The first-order valence-corrected chi connectivity index (χ1v) is 8.36. The normalized spacial score (nSPS) is 16.2. The predicted octanol–water partition coefficient (Wildman–Crippen LogP) is 1.87. The maximum atomic E-state index is 12.4. The van der Waals surface area contributed by atoms with Crippen molar-refractivity contribution in [3.63, 3.8) is 0 Å². The van der Waals surface area contributed by atoms with Gasteiger partial charge in [-0.1, -0.05) is 11.8 Å². The molecule has 2 N–H and O–H groups in total. The van der Waals surface area contributed by atoms with Gasteiger partial charge in [0.15, 0.2) is 10.9 Å². The molecule has 0 spiro atoms. The lowest BCUT2D eigenvalue weighted by atomic mass is 10.1. The molecular weight excluding hydrogens is 300 g/mol. The lowest BCUT2D eigenvalue weighted by molar-refractivity contribution is 0.0681. The molecule has 1 aliphatic heterocycles. The van der Waals surface area contributed by atoms with Crippen molar-refractivity contribution in [2.45, 2.75) is 29.8 Å². The van der Waals surface area contributed by atoms with Crippen LogP contribution in [0.3, 0.4) is 0 Å². The highest BCUT2D eigenvalue weighted by atomic mass is 32.2. The topological polar surface area (TPSA) is 77.3 Å². The fourth-order valence-electron chi connectivity index (χ4n) is 2.46. The highest BCUT2D eigenvalue weighted by molar-refractivity contribution is 7.98. The molecule has 118 valence electrons. The van der Waals surface area contributed by atoms with Gasteiger partial charge in [-0.2, -0.15) is 0 Å². The number of rotatable bonds is 4. The molecule has 0 aromatic carbocycles. The summed E-state index contributed by atoms with van der Waals surface area (Å²) in [6.45, 7) is 1.41. The zero-order valence-electron chi connectivity index (χ0n) is 12.6. The number of carbonyl (C=O) groups excluding carboxylic acids is 1. The van der Waals surface area contributed by atoms with Gasteiger partial charge >= 0.3 is 0 Å². The van der Waals surface area contributed by atoms with Crippen LogP contribution in [-0.2, 0) is 12.8 Å². The van der Waals surface area contributed by atoms with Gasteiger partial charge in [-0.3, -0.25) is 4.79 Å². The molecule has 1 fully saturated rings. The second kappa shape index (κ2) is 6.58. The van der Waals surface area contributed by atoms with Gasteiger partial charge in [-0.25, -0.2) is 4.98 Å². The summed E-state index contributed by atoms with van der Waals surface area (Å²) in [6, 6.07) is 3.83. The van der Waals surface area contributed by atoms with Crippen molar-refractivity contribution in [3.05, 3.63) is 36.0 Å². The van der Waals surface area contributed by atoms with E-state index >= 15 is 0 Å². The van der Waals surface area contributed by atoms with Crippen LogP contribution in [0.15, 0.2) is 34.1 Å². The average molecular weight is 320 g/mol. The van der Waals surface area contributed by atoms with Crippen LogP contribution in [0.4, 0.5) is 0 Å². The smallest absolute Gasteiger partial charge is 0.289 e. The molecule has 0 radical (unpaired) electrons. The first-order valence-electron chi connectivity index (χ1n) is 7.37. The maximum Gasteiger partial charge on any atom is 0.289 e. The van der Waals surface area contributed by atoms with Crippen LogP contribution in [0.5, 0.6) is 0 Å². The SMILES string of the molecule is Cn1ccnc1SCc1ccc(C(=O)N2CCC(N)CC2)o1. The van der Waals surface area contributed by atoms with E-state index in [1.165, 1.54) is 0 Å². The molecule has 1 saturated heterocycles. The summed E-state index contributed by atoms with van der Waals surface area (Å²) < 4.78 is 7.64. The number of carbonyl (C=O) groups is 1. The molecule has 6 nitrogen and oxygen atoms in total. The lowest BCUT2D eigenvalue weighted by Crippen LogP contribution is -2.42. The van der Waals surface area contributed by atoms with Gasteiger partial charge in [-0.15, -0.1) is 0 Å². The summed E-state index contributed by atoms with van der Waals surface area (Å²) in [4.78, 5) is 18.4. The Morgan fingerprint density at radius 3 is 2.91 bits per heavy atom. The van der Waals surface area contributed by atoms with Crippen LogP contribution >= 0.6 is 11.8 Å². The highest BCUT2D eigenvalue weighted by Crippen LogP contribution is 2.23. The number of likely N-dealkylation sites (tertiary alicyclic amines) is 1. The molecule has 22 heavy (non-hydrogen) atoms. The second-order valence-corrected chi connectivity index (χ2v) is 6.45. The first kappa shape index (κ1) is 15.2. The van der Waals surface area contributed by atoms with Gasteiger partial charge < -0.3 is 19.6 Å². The number of aryl methyl sites for hydroxylation is 1. The Morgan fingerprint density at radius 2 is 2.23 bits per heavy atom. The Hall–Kier alpha value is -1.73. The zero-order chi connectivity index (χ0) is 15.5. The third kappa shape index (κ3) is 3.36. The third-order valence-corrected chi connectivity index (χ3v) is 4.90. The molecule has 1 aliphatic rings. The van der Waals surface area contributed by atoms with Gasteiger partial charge in [0.25, 0.3) is 5.91 Å². The number of furan rings is 1. The molecule has 3 heterocycles. The fourth-order valence-corrected chi connectivity index (χ4v) is 3.28. The minimum Gasteiger partial charge on any atom is -0.455 e. The molecule has 0 bridgehead atoms. The van der Waals surface area contributed by atoms with Crippen molar-refractivity contribution in [1.82, 2.24) is 14.5 Å². The largest absolute Gasteiger partial charge is 0.455 e.